The van der Waals surface area contributed by atoms with Crippen LogP contribution in [0.2, 0.25) is 0 Å². The van der Waals surface area contributed by atoms with Crippen LogP contribution in [0, 0.1) is 24.0 Å². The Hall–Kier alpha value is -2.94. The number of aryl methyl sites for hydroxylation is 1. The summed E-state index contributed by atoms with van der Waals surface area (Å²) in [6.07, 6.45) is 1.58. The average molecular weight is 346 g/mol. The van der Waals surface area contributed by atoms with E-state index in [1.807, 2.05) is 0 Å². The molecule has 3 rings (SSSR count). The Morgan fingerprint density at radius 1 is 1.21 bits per heavy atom. The maximum absolute atomic E-state index is 12.7. The van der Waals surface area contributed by atoms with Crippen molar-refractivity contribution in [3.05, 3.63) is 57.8 Å². The summed E-state index contributed by atoms with van der Waals surface area (Å²) >= 11 is 0. The molecule has 2 aromatic carbocycles. The molecule has 0 aliphatic rings. The number of non-ortho nitro benzene ring substituents is 1. The fraction of sp³-hybridized carbons (Fsp3) is 0.133. The van der Waals surface area contributed by atoms with Crippen molar-refractivity contribution in [1.82, 2.24) is 10.2 Å². The second kappa shape index (κ2) is 5.60. The van der Waals surface area contributed by atoms with Crippen molar-refractivity contribution in [3.8, 4) is 0 Å². The second-order valence-electron chi connectivity index (χ2n) is 5.42. The van der Waals surface area contributed by atoms with Gasteiger partial charge in [0.15, 0.2) is 0 Å². The van der Waals surface area contributed by atoms with Crippen molar-refractivity contribution >= 4 is 32.3 Å². The molecule has 3 aromatic rings. The number of nitrogens with zero attached hydrogens (tertiary/aromatic N) is 2. The molecule has 0 fully saturated rings. The third-order valence-electron chi connectivity index (χ3n) is 3.80. The molecule has 0 bridgehead atoms. The highest BCUT2D eigenvalue weighted by molar-refractivity contribution is 7.92. The maximum atomic E-state index is 12.7. The van der Waals surface area contributed by atoms with Gasteiger partial charge >= 0.3 is 0 Å². The van der Waals surface area contributed by atoms with Crippen LogP contribution in [0.4, 0.5) is 11.4 Å². The minimum Gasteiger partial charge on any atom is -0.280 e. The van der Waals surface area contributed by atoms with Gasteiger partial charge in [-0.05, 0) is 43.2 Å². The van der Waals surface area contributed by atoms with Gasteiger partial charge in [-0.1, -0.05) is 0 Å². The van der Waals surface area contributed by atoms with Crippen molar-refractivity contribution in [2.45, 2.75) is 18.7 Å². The van der Waals surface area contributed by atoms with Crippen LogP contribution in [0.5, 0.6) is 0 Å². The molecule has 0 saturated heterocycles. The largest absolute Gasteiger partial charge is 0.280 e. The number of benzene rings is 2. The molecule has 0 aliphatic carbocycles. The predicted octanol–water partition coefficient (Wildman–Crippen LogP) is 2.89. The van der Waals surface area contributed by atoms with Gasteiger partial charge in [-0.25, -0.2) is 8.42 Å². The van der Waals surface area contributed by atoms with Crippen LogP contribution in [0.3, 0.4) is 0 Å². The Morgan fingerprint density at radius 3 is 2.67 bits per heavy atom. The van der Waals surface area contributed by atoms with E-state index in [9.17, 15) is 18.5 Å². The number of rotatable bonds is 4. The Kier molecular flexibility index (Phi) is 3.72. The molecule has 0 atom stereocenters. The number of aromatic amines is 1. The molecule has 1 heterocycles. The smallest absolute Gasteiger partial charge is 0.271 e. The highest BCUT2D eigenvalue weighted by Crippen LogP contribution is 2.27. The van der Waals surface area contributed by atoms with Crippen LogP contribution in [0.15, 0.2) is 41.4 Å². The molecular formula is C15H14N4O4S. The number of nitro benzene ring substituents is 1. The van der Waals surface area contributed by atoms with Crippen LogP contribution in [-0.4, -0.2) is 23.5 Å². The van der Waals surface area contributed by atoms with Crippen LogP contribution >= 0.6 is 0 Å². The molecule has 8 nitrogen and oxygen atoms in total. The fourth-order valence-corrected chi connectivity index (χ4v) is 3.80. The zero-order valence-electron chi connectivity index (χ0n) is 12.9. The first-order valence-electron chi connectivity index (χ1n) is 6.99. The standard InChI is InChI=1S/C15H14N4O4S/c1-9-5-13(19(20)21)7-15(10(9)2)24(22,23)18-12-3-4-14-11(6-12)8-16-17-14/h3-8,18H,1-2H3,(H,16,17). The van der Waals surface area contributed by atoms with E-state index in [1.54, 1.807) is 38.2 Å². The van der Waals surface area contributed by atoms with E-state index in [4.69, 9.17) is 0 Å². The van der Waals surface area contributed by atoms with Gasteiger partial charge in [0.05, 0.1) is 21.5 Å². The minimum absolute atomic E-state index is 0.110. The van der Waals surface area contributed by atoms with E-state index in [2.05, 4.69) is 14.9 Å². The van der Waals surface area contributed by atoms with Crippen LogP contribution in [0.25, 0.3) is 10.9 Å². The number of hydrogen-bond donors (Lipinski definition) is 2. The highest BCUT2D eigenvalue weighted by atomic mass is 32.2. The number of sulfonamides is 1. The van der Waals surface area contributed by atoms with E-state index in [-0.39, 0.29) is 10.6 Å². The van der Waals surface area contributed by atoms with Gasteiger partial charge in [-0.3, -0.25) is 19.9 Å². The summed E-state index contributed by atoms with van der Waals surface area (Å²) in [7, 11) is -3.96. The molecule has 1 aromatic heterocycles. The molecule has 2 N–H and O–H groups in total. The maximum Gasteiger partial charge on any atom is 0.271 e. The topological polar surface area (TPSA) is 118 Å². The van der Waals surface area contributed by atoms with Crippen molar-refractivity contribution < 1.29 is 13.3 Å². The van der Waals surface area contributed by atoms with Crippen molar-refractivity contribution in [2.24, 2.45) is 0 Å². The molecule has 0 amide bonds. The van der Waals surface area contributed by atoms with Crippen molar-refractivity contribution in [3.63, 3.8) is 0 Å². The average Bonchev–Trinajstić information content (AvgIpc) is 2.96. The number of hydrogen-bond acceptors (Lipinski definition) is 5. The van der Waals surface area contributed by atoms with E-state index in [1.165, 1.54) is 6.07 Å². The number of nitro groups is 1. The zero-order valence-corrected chi connectivity index (χ0v) is 13.7. The number of H-pyrrole nitrogens is 1. The molecular weight excluding hydrogens is 332 g/mol. The van der Waals surface area contributed by atoms with Gasteiger partial charge < -0.3 is 0 Å². The van der Waals surface area contributed by atoms with Crippen LogP contribution in [0.1, 0.15) is 11.1 Å². The van der Waals surface area contributed by atoms with Gasteiger partial charge in [0.1, 0.15) is 0 Å². The fourth-order valence-electron chi connectivity index (χ4n) is 2.41. The van der Waals surface area contributed by atoms with E-state index < -0.39 is 14.9 Å². The van der Waals surface area contributed by atoms with Gasteiger partial charge in [0, 0.05) is 23.2 Å². The lowest BCUT2D eigenvalue weighted by Crippen LogP contribution is -2.15. The summed E-state index contributed by atoms with van der Waals surface area (Å²) in [4.78, 5) is 10.3. The lowest BCUT2D eigenvalue weighted by molar-refractivity contribution is -0.385. The molecule has 24 heavy (non-hydrogen) atoms. The van der Waals surface area contributed by atoms with Crippen molar-refractivity contribution in [1.29, 1.82) is 0 Å². The second-order valence-corrected chi connectivity index (χ2v) is 7.07. The Balaban J connectivity index is 2.05. The normalized spacial score (nSPS) is 11.6. The molecule has 9 heteroatoms. The third-order valence-corrected chi connectivity index (χ3v) is 5.30. The SMILES string of the molecule is Cc1cc([N+](=O)[O-])cc(S(=O)(=O)Nc2ccc3[nH]ncc3c2)c1C. The lowest BCUT2D eigenvalue weighted by Gasteiger charge is -2.12. The van der Waals surface area contributed by atoms with Crippen LogP contribution < -0.4 is 4.72 Å². The number of aromatic nitrogens is 2. The summed E-state index contributed by atoms with van der Waals surface area (Å²) in [5.74, 6) is 0. The van der Waals surface area contributed by atoms with E-state index >= 15 is 0 Å². The summed E-state index contributed by atoms with van der Waals surface area (Å²) < 4.78 is 27.8. The Labute approximate surface area is 137 Å². The van der Waals surface area contributed by atoms with E-state index in [0.29, 0.717) is 16.8 Å². The van der Waals surface area contributed by atoms with Crippen molar-refractivity contribution in [2.75, 3.05) is 4.72 Å². The monoisotopic (exact) mass is 346 g/mol. The van der Waals surface area contributed by atoms with Crippen LogP contribution in [-0.2, 0) is 10.0 Å². The summed E-state index contributed by atoms with van der Waals surface area (Å²) in [6.45, 7) is 3.26. The molecule has 0 radical (unpaired) electrons. The van der Waals surface area contributed by atoms with Gasteiger partial charge in [0.2, 0.25) is 0 Å². The first-order valence-corrected chi connectivity index (χ1v) is 8.48. The number of anilines is 1. The molecule has 124 valence electrons. The lowest BCUT2D eigenvalue weighted by atomic mass is 10.1. The van der Waals surface area contributed by atoms with Gasteiger partial charge in [0.25, 0.3) is 15.7 Å². The molecule has 0 spiro atoms. The predicted molar refractivity (Wildman–Crippen MR) is 89.5 cm³/mol. The molecule has 0 unspecified atom stereocenters. The minimum atomic E-state index is -3.96. The summed E-state index contributed by atoms with van der Waals surface area (Å²) in [5, 5.41) is 18.4. The third kappa shape index (κ3) is 2.81. The zero-order chi connectivity index (χ0) is 17.5. The molecule has 0 saturated carbocycles. The Bertz CT molecular complexity index is 1060. The first kappa shape index (κ1) is 15.9. The first-order chi connectivity index (χ1) is 11.3. The molecule has 0 aliphatic heterocycles. The van der Waals surface area contributed by atoms with Gasteiger partial charge in [-0.15, -0.1) is 0 Å². The summed E-state index contributed by atoms with van der Waals surface area (Å²) in [6, 6.07) is 7.35. The number of fused-ring (bicyclic) bond motifs is 1. The number of nitrogens with one attached hydrogen (secondary N) is 2. The van der Waals surface area contributed by atoms with Gasteiger partial charge in [-0.2, -0.15) is 5.10 Å². The highest BCUT2D eigenvalue weighted by Gasteiger charge is 2.22. The summed E-state index contributed by atoms with van der Waals surface area (Å²) in [5.41, 5.74) is 1.88. The Morgan fingerprint density at radius 2 is 1.96 bits per heavy atom. The van der Waals surface area contributed by atoms with E-state index in [0.717, 1.165) is 17.0 Å². The quantitative estimate of drug-likeness (QED) is 0.556.